The van der Waals surface area contributed by atoms with Crippen LogP contribution in [0.2, 0.25) is 5.02 Å². The van der Waals surface area contributed by atoms with E-state index >= 15 is 0 Å². The first-order valence-electron chi connectivity index (χ1n) is 3.82. The molecule has 0 aliphatic carbocycles. The second kappa shape index (κ2) is 5.74. The third kappa shape index (κ3) is 3.67. The quantitative estimate of drug-likeness (QED) is 0.621. The Balaban J connectivity index is 2.58. The molecule has 0 amide bonds. The van der Waals surface area contributed by atoms with Crippen molar-refractivity contribution in [2.24, 2.45) is 0 Å². The molecule has 0 spiro atoms. The van der Waals surface area contributed by atoms with Gasteiger partial charge in [0.05, 0.1) is 16.6 Å². The van der Waals surface area contributed by atoms with Crippen LogP contribution in [0.15, 0.2) is 9.00 Å². The summed E-state index contributed by atoms with van der Waals surface area (Å²) in [6.45, 7) is 1.34. The smallest absolute Gasteiger partial charge is 0.302 e. The van der Waals surface area contributed by atoms with Crippen molar-refractivity contribution in [3.05, 3.63) is 14.6 Å². The van der Waals surface area contributed by atoms with Crippen LogP contribution < -0.4 is 4.74 Å². The second-order valence-electron chi connectivity index (χ2n) is 2.45. The summed E-state index contributed by atoms with van der Waals surface area (Å²) in [7, 11) is 0.681. The highest BCUT2D eigenvalue weighted by molar-refractivity contribution is 7.90. The third-order valence-corrected chi connectivity index (χ3v) is 6.31. The van der Waals surface area contributed by atoms with E-state index in [2.05, 4.69) is 4.74 Å². The minimum Gasteiger partial charge on any atom is -0.465 e. The predicted molar refractivity (Wildman–Crippen MR) is 61.4 cm³/mol. The van der Waals surface area contributed by atoms with E-state index in [9.17, 15) is 13.8 Å². The molecular weight excluding hydrogens is 280 g/mol. The normalized spacial score (nSPS) is 12.4. The van der Waals surface area contributed by atoms with Gasteiger partial charge in [0.25, 0.3) is 4.74 Å². The number of halogens is 1. The Hall–Kier alpha value is -0.240. The lowest BCUT2D eigenvalue weighted by Gasteiger charge is -2.00. The fourth-order valence-corrected chi connectivity index (χ4v) is 5.32. The Bertz CT molecular complexity index is 436. The van der Waals surface area contributed by atoms with E-state index in [0.29, 0.717) is 4.21 Å². The molecular formula is C7H7ClO4S3. The van der Waals surface area contributed by atoms with Gasteiger partial charge in [-0.15, -0.1) is 0 Å². The topological polar surface area (TPSA) is 60.4 Å². The molecule has 0 N–H and O–H groups in total. The highest BCUT2D eigenvalue weighted by atomic mass is 35.5. The molecule has 15 heavy (non-hydrogen) atoms. The van der Waals surface area contributed by atoms with Crippen molar-refractivity contribution >= 4 is 49.1 Å². The number of hydrogen-bond acceptors (Lipinski definition) is 6. The summed E-state index contributed by atoms with van der Waals surface area (Å²) >= 11 is 5.65. The molecule has 0 aliphatic rings. The van der Waals surface area contributed by atoms with Crippen LogP contribution in [0.4, 0.5) is 0 Å². The molecule has 1 aromatic heterocycles. The van der Waals surface area contributed by atoms with E-state index in [1.54, 1.807) is 0 Å². The fourth-order valence-electron chi connectivity index (χ4n) is 0.724. The van der Waals surface area contributed by atoms with Gasteiger partial charge in [0.15, 0.2) is 0 Å². The van der Waals surface area contributed by atoms with Gasteiger partial charge in [0.1, 0.15) is 15.8 Å². The monoisotopic (exact) mass is 286 g/mol. The molecule has 0 aromatic carbocycles. The Morgan fingerprint density at radius 3 is 2.67 bits per heavy atom. The van der Waals surface area contributed by atoms with Gasteiger partial charge in [0, 0.05) is 6.92 Å². The average Bonchev–Trinajstić information content (AvgIpc) is 2.47. The summed E-state index contributed by atoms with van der Waals surface area (Å²) in [5.74, 6) is -0.261. The number of carbonyl (C=O) groups is 1. The van der Waals surface area contributed by atoms with E-state index < -0.39 is 16.8 Å². The van der Waals surface area contributed by atoms with Crippen molar-refractivity contribution in [1.29, 1.82) is 0 Å². The molecule has 4 nitrogen and oxygen atoms in total. The summed E-state index contributed by atoms with van der Waals surface area (Å²) in [6.07, 6.45) is 0. The Labute approximate surface area is 101 Å². The van der Waals surface area contributed by atoms with Crippen molar-refractivity contribution < 1.29 is 13.7 Å². The molecule has 1 atom stereocenters. The van der Waals surface area contributed by atoms with E-state index in [1.807, 2.05) is 0 Å². The van der Waals surface area contributed by atoms with Gasteiger partial charge >= 0.3 is 5.97 Å². The third-order valence-electron chi connectivity index (χ3n) is 1.33. The van der Waals surface area contributed by atoms with Gasteiger partial charge in [-0.25, -0.2) is 0 Å². The first kappa shape index (κ1) is 12.8. The largest absolute Gasteiger partial charge is 0.465 e. The zero-order valence-electron chi connectivity index (χ0n) is 7.65. The Morgan fingerprint density at radius 1 is 1.53 bits per heavy atom. The van der Waals surface area contributed by atoms with Crippen LogP contribution in [0.25, 0.3) is 0 Å². The molecule has 0 saturated carbocycles. The first-order chi connectivity index (χ1) is 7.02. The highest BCUT2D eigenvalue weighted by Crippen LogP contribution is 2.24. The Morgan fingerprint density at radius 2 is 2.20 bits per heavy atom. The van der Waals surface area contributed by atoms with E-state index in [1.165, 1.54) is 6.92 Å². The van der Waals surface area contributed by atoms with Crippen molar-refractivity contribution in [3.8, 4) is 0 Å². The molecule has 1 unspecified atom stereocenters. The molecule has 1 rings (SSSR count). The van der Waals surface area contributed by atoms with E-state index in [4.69, 9.17) is 11.6 Å². The highest BCUT2D eigenvalue weighted by Gasteiger charge is 2.15. The molecule has 84 valence electrons. The molecule has 1 aromatic rings. The van der Waals surface area contributed by atoms with Crippen LogP contribution in [0.3, 0.4) is 0 Å². The number of hydrogen-bond donors (Lipinski definition) is 0. The second-order valence-corrected chi connectivity index (χ2v) is 6.70. The van der Waals surface area contributed by atoms with Crippen molar-refractivity contribution in [2.75, 3.05) is 12.4 Å². The van der Waals surface area contributed by atoms with Gasteiger partial charge < -0.3 is 4.74 Å². The summed E-state index contributed by atoms with van der Waals surface area (Å²) < 4.78 is 16.3. The maximum absolute atomic E-state index is 11.6. The van der Waals surface area contributed by atoms with Crippen LogP contribution >= 0.6 is 32.3 Å². The van der Waals surface area contributed by atoms with Gasteiger partial charge in [-0.3, -0.25) is 13.8 Å². The molecule has 8 heteroatoms. The lowest BCUT2D eigenvalue weighted by Crippen LogP contribution is -2.09. The molecule has 1 heterocycles. The van der Waals surface area contributed by atoms with Crippen LogP contribution in [0.1, 0.15) is 6.92 Å². The maximum atomic E-state index is 11.6. The summed E-state index contributed by atoms with van der Waals surface area (Å²) in [5.41, 5.74) is 0. The molecule has 0 aliphatic heterocycles. The number of carbonyl (C=O) groups excluding carboxylic acids is 1. The first-order valence-corrected chi connectivity index (χ1v) is 7.67. The zero-order chi connectivity index (χ0) is 11.4. The standard InChI is InChI=1S/C7H7ClO4S3/c1-4(9)12-2-3-15(11)7-5(8)6(10)13-14-7/h2-3H2,1H3. The van der Waals surface area contributed by atoms with Crippen LogP contribution in [0, 0.1) is 0 Å². The average molecular weight is 287 g/mol. The van der Waals surface area contributed by atoms with Crippen molar-refractivity contribution in [2.45, 2.75) is 11.1 Å². The maximum Gasteiger partial charge on any atom is 0.302 e. The van der Waals surface area contributed by atoms with Gasteiger partial charge in [0.2, 0.25) is 0 Å². The van der Waals surface area contributed by atoms with Crippen LogP contribution in [0.5, 0.6) is 0 Å². The molecule has 0 fully saturated rings. The van der Waals surface area contributed by atoms with Gasteiger partial charge in [-0.05, 0) is 10.3 Å². The number of ether oxygens (including phenoxy) is 1. The van der Waals surface area contributed by atoms with E-state index in [0.717, 1.165) is 20.7 Å². The molecule has 0 bridgehead atoms. The Kier molecular flexibility index (Phi) is 4.91. The lowest BCUT2D eigenvalue weighted by atomic mass is 10.8. The van der Waals surface area contributed by atoms with Crippen LogP contribution in [-0.2, 0) is 20.3 Å². The molecule has 0 saturated heterocycles. The molecule has 0 radical (unpaired) electrons. The van der Waals surface area contributed by atoms with Gasteiger partial charge in [-0.2, -0.15) is 0 Å². The van der Waals surface area contributed by atoms with Crippen molar-refractivity contribution in [3.63, 3.8) is 0 Å². The summed E-state index contributed by atoms with van der Waals surface area (Å²) in [6, 6.07) is 0. The number of esters is 1. The van der Waals surface area contributed by atoms with Crippen molar-refractivity contribution in [1.82, 2.24) is 0 Å². The van der Waals surface area contributed by atoms with Gasteiger partial charge in [-0.1, -0.05) is 21.9 Å². The summed E-state index contributed by atoms with van der Waals surface area (Å²) in [4.78, 5) is 21.4. The number of rotatable bonds is 4. The summed E-state index contributed by atoms with van der Waals surface area (Å²) in [5, 5.41) is 0.0196. The predicted octanol–water partition coefficient (Wildman–Crippen LogP) is 1.49. The zero-order valence-corrected chi connectivity index (χ0v) is 10.9. The minimum atomic E-state index is -1.37. The minimum absolute atomic E-state index is 0.0196. The fraction of sp³-hybridized carbons (Fsp3) is 0.429. The lowest BCUT2D eigenvalue weighted by molar-refractivity contribution is -0.140. The van der Waals surface area contributed by atoms with Crippen LogP contribution in [-0.4, -0.2) is 22.5 Å². The SMILES string of the molecule is CC(=O)OCCS(=O)c1ssc(=O)c1Cl. The van der Waals surface area contributed by atoms with E-state index in [-0.39, 0.29) is 22.1 Å².